The van der Waals surface area contributed by atoms with Crippen LogP contribution in [-0.4, -0.2) is 25.7 Å². The molecule has 130 valence electrons. The molecule has 2 atom stereocenters. The fourth-order valence-electron chi connectivity index (χ4n) is 2.83. The summed E-state index contributed by atoms with van der Waals surface area (Å²) in [4.78, 5) is 12.1. The molecule has 0 saturated heterocycles. The van der Waals surface area contributed by atoms with Crippen molar-refractivity contribution in [2.45, 2.75) is 10.5 Å². The van der Waals surface area contributed by atoms with Crippen molar-refractivity contribution in [3.63, 3.8) is 0 Å². The Morgan fingerprint density at radius 1 is 1.04 bits per heavy atom. The molecular weight excluding hydrogens is 347 g/mol. The Bertz CT molecular complexity index is 932. The molecule has 2 aromatic carbocycles. The van der Waals surface area contributed by atoms with Crippen molar-refractivity contribution >= 4 is 15.8 Å². The zero-order valence-electron chi connectivity index (χ0n) is 13.2. The highest BCUT2D eigenvalue weighted by Gasteiger charge is 2.46. The van der Waals surface area contributed by atoms with Gasteiger partial charge >= 0.3 is 5.97 Å². The van der Waals surface area contributed by atoms with Gasteiger partial charge in [-0.05, 0) is 41.5 Å². The average molecular weight is 362 g/mol. The molecule has 1 aliphatic heterocycles. The summed E-state index contributed by atoms with van der Waals surface area (Å²) in [6.45, 7) is 0. The van der Waals surface area contributed by atoms with Gasteiger partial charge in [-0.15, -0.1) is 0 Å². The highest BCUT2D eigenvalue weighted by atomic mass is 32.2. The van der Waals surface area contributed by atoms with Gasteiger partial charge in [0.25, 0.3) is 0 Å². The minimum Gasteiger partial charge on any atom is -0.434 e. The second-order valence-electron chi connectivity index (χ2n) is 5.81. The van der Waals surface area contributed by atoms with Crippen LogP contribution in [0.1, 0.15) is 11.1 Å². The molecule has 7 heteroatoms. The Kier molecular flexibility index (Phi) is 4.22. The number of carbonyl (C=O) groups excluding carboxylic acids is 1. The second-order valence-corrected chi connectivity index (χ2v) is 7.83. The first kappa shape index (κ1) is 17.3. The van der Waals surface area contributed by atoms with E-state index in [4.69, 9.17) is 4.74 Å². The molecule has 0 radical (unpaired) electrons. The minimum atomic E-state index is -3.40. The molecule has 0 aromatic heterocycles. The van der Waals surface area contributed by atoms with Crippen LogP contribution in [-0.2, 0) is 25.0 Å². The molecule has 25 heavy (non-hydrogen) atoms. The molecule has 1 aliphatic rings. The number of esters is 1. The van der Waals surface area contributed by atoms with Crippen LogP contribution in [0.5, 0.6) is 0 Å². The number of aliphatic hydroxyl groups is 1. The van der Waals surface area contributed by atoms with E-state index in [0.717, 1.165) is 6.26 Å². The molecule has 5 nitrogen and oxygen atoms in total. The fourth-order valence-corrected chi connectivity index (χ4v) is 3.46. The van der Waals surface area contributed by atoms with Gasteiger partial charge in [-0.3, -0.25) is 4.79 Å². The SMILES string of the molecule is CS(=O)(=O)c1ccc(C(O)(c2ccc(F)cc2)C2C=COC2=O)cc1. The predicted octanol–water partition coefficient (Wildman–Crippen LogP) is 2.15. The van der Waals surface area contributed by atoms with E-state index in [9.17, 15) is 22.7 Å². The highest BCUT2D eigenvalue weighted by molar-refractivity contribution is 7.90. The zero-order chi connectivity index (χ0) is 18.2. The van der Waals surface area contributed by atoms with Crippen molar-refractivity contribution in [2.24, 2.45) is 5.92 Å². The van der Waals surface area contributed by atoms with Crippen LogP contribution >= 0.6 is 0 Å². The maximum Gasteiger partial charge on any atom is 0.321 e. The third-order valence-corrected chi connectivity index (χ3v) is 5.29. The summed E-state index contributed by atoms with van der Waals surface area (Å²) in [7, 11) is -3.40. The van der Waals surface area contributed by atoms with Crippen molar-refractivity contribution in [1.29, 1.82) is 0 Å². The van der Waals surface area contributed by atoms with Crippen molar-refractivity contribution in [1.82, 2.24) is 0 Å². The van der Waals surface area contributed by atoms with E-state index in [1.165, 1.54) is 60.9 Å². The molecule has 0 bridgehead atoms. The number of ether oxygens (including phenoxy) is 1. The molecule has 2 aromatic rings. The normalized spacial score (nSPS) is 19.5. The van der Waals surface area contributed by atoms with Gasteiger partial charge in [0.05, 0.1) is 11.2 Å². The smallest absolute Gasteiger partial charge is 0.321 e. The van der Waals surface area contributed by atoms with Crippen LogP contribution in [0.2, 0.25) is 0 Å². The Balaban J connectivity index is 2.16. The van der Waals surface area contributed by atoms with Crippen LogP contribution in [0.25, 0.3) is 0 Å². The van der Waals surface area contributed by atoms with Crippen LogP contribution in [0.15, 0.2) is 65.8 Å². The molecule has 1 heterocycles. The van der Waals surface area contributed by atoms with Crippen molar-refractivity contribution in [2.75, 3.05) is 6.26 Å². The van der Waals surface area contributed by atoms with Crippen LogP contribution in [0, 0.1) is 11.7 Å². The van der Waals surface area contributed by atoms with Gasteiger partial charge in [-0.2, -0.15) is 0 Å². The molecule has 0 aliphatic carbocycles. The van der Waals surface area contributed by atoms with Gasteiger partial charge < -0.3 is 9.84 Å². The van der Waals surface area contributed by atoms with Gasteiger partial charge in [0, 0.05) is 6.26 Å². The maximum atomic E-state index is 13.3. The monoisotopic (exact) mass is 362 g/mol. The van der Waals surface area contributed by atoms with Crippen LogP contribution in [0.4, 0.5) is 4.39 Å². The Morgan fingerprint density at radius 3 is 2.00 bits per heavy atom. The first-order valence-corrected chi connectivity index (χ1v) is 9.28. The topological polar surface area (TPSA) is 80.7 Å². The lowest BCUT2D eigenvalue weighted by molar-refractivity contribution is -0.145. The predicted molar refractivity (Wildman–Crippen MR) is 87.7 cm³/mol. The van der Waals surface area contributed by atoms with Crippen LogP contribution in [0.3, 0.4) is 0 Å². The lowest BCUT2D eigenvalue weighted by Gasteiger charge is -2.32. The van der Waals surface area contributed by atoms with E-state index in [-0.39, 0.29) is 10.5 Å². The number of hydrogen-bond acceptors (Lipinski definition) is 5. The maximum absolute atomic E-state index is 13.3. The quantitative estimate of drug-likeness (QED) is 0.843. The van der Waals surface area contributed by atoms with Gasteiger partial charge in [0.1, 0.15) is 17.3 Å². The third kappa shape index (κ3) is 3.08. The Hall–Kier alpha value is -2.51. The molecule has 0 spiro atoms. The number of carbonyl (C=O) groups is 1. The van der Waals surface area contributed by atoms with E-state index in [0.29, 0.717) is 5.56 Å². The van der Waals surface area contributed by atoms with Crippen molar-refractivity contribution in [3.05, 3.63) is 77.8 Å². The summed E-state index contributed by atoms with van der Waals surface area (Å²) in [6.07, 6.45) is 3.67. The molecule has 0 amide bonds. The number of hydrogen-bond donors (Lipinski definition) is 1. The van der Waals surface area contributed by atoms with Gasteiger partial charge in [0.2, 0.25) is 0 Å². The lowest BCUT2D eigenvalue weighted by atomic mass is 9.76. The fraction of sp³-hybridized carbons (Fsp3) is 0.167. The zero-order valence-corrected chi connectivity index (χ0v) is 14.0. The van der Waals surface area contributed by atoms with E-state index in [1.54, 1.807) is 0 Å². The standard InChI is InChI=1S/C18H15FO5S/c1-25(22,23)15-8-4-13(5-9-15)18(21,16-10-11-24-17(16)20)12-2-6-14(19)7-3-12/h2-11,16,21H,1H3. The van der Waals surface area contributed by atoms with E-state index in [1.807, 2.05) is 0 Å². The number of halogens is 1. The second kappa shape index (κ2) is 6.09. The molecule has 0 fully saturated rings. The Morgan fingerprint density at radius 2 is 1.56 bits per heavy atom. The number of benzene rings is 2. The van der Waals surface area contributed by atoms with Gasteiger partial charge in [0.15, 0.2) is 9.84 Å². The number of cyclic esters (lactones) is 1. The van der Waals surface area contributed by atoms with E-state index >= 15 is 0 Å². The lowest BCUT2D eigenvalue weighted by Crippen LogP contribution is -2.38. The summed E-state index contributed by atoms with van der Waals surface area (Å²) in [6, 6.07) is 10.7. The Labute approximate surface area is 144 Å². The molecule has 3 rings (SSSR count). The summed E-state index contributed by atoms with van der Waals surface area (Å²) in [5, 5.41) is 11.4. The number of sulfone groups is 1. The summed E-state index contributed by atoms with van der Waals surface area (Å²) in [5.74, 6) is -2.18. The van der Waals surface area contributed by atoms with Crippen molar-refractivity contribution in [3.8, 4) is 0 Å². The number of rotatable bonds is 4. The summed E-state index contributed by atoms with van der Waals surface area (Å²) in [5.41, 5.74) is -1.25. The first-order valence-electron chi connectivity index (χ1n) is 7.39. The summed E-state index contributed by atoms with van der Waals surface area (Å²) >= 11 is 0. The summed E-state index contributed by atoms with van der Waals surface area (Å²) < 4.78 is 41.3. The molecule has 0 saturated carbocycles. The van der Waals surface area contributed by atoms with Crippen LogP contribution < -0.4 is 0 Å². The molecular formula is C18H15FO5S. The van der Waals surface area contributed by atoms with Gasteiger partial charge in [-0.1, -0.05) is 24.3 Å². The van der Waals surface area contributed by atoms with Crippen molar-refractivity contribution < 1.29 is 27.4 Å². The van der Waals surface area contributed by atoms with E-state index in [2.05, 4.69) is 0 Å². The molecule has 2 unspecified atom stereocenters. The minimum absolute atomic E-state index is 0.0854. The first-order chi connectivity index (χ1) is 11.7. The third-order valence-electron chi connectivity index (χ3n) is 4.17. The molecule has 1 N–H and O–H groups in total. The van der Waals surface area contributed by atoms with Gasteiger partial charge in [-0.25, -0.2) is 12.8 Å². The highest BCUT2D eigenvalue weighted by Crippen LogP contribution is 2.40. The largest absolute Gasteiger partial charge is 0.434 e. The average Bonchev–Trinajstić information content (AvgIpc) is 3.01. The van der Waals surface area contributed by atoms with E-state index < -0.39 is 33.1 Å².